The number of nitrogens with zero attached hydrogens (tertiary/aromatic N) is 3. The van der Waals surface area contributed by atoms with Gasteiger partial charge in [-0.1, -0.05) is 20.3 Å². The number of likely N-dealkylation sites (tertiary alicyclic amines) is 1. The van der Waals surface area contributed by atoms with Gasteiger partial charge in [0.1, 0.15) is 0 Å². The highest BCUT2D eigenvalue weighted by Gasteiger charge is 2.24. The largest absolute Gasteiger partial charge is 0.453 e. The highest BCUT2D eigenvalue weighted by Crippen LogP contribution is 2.14. The van der Waals surface area contributed by atoms with E-state index in [1.165, 1.54) is 13.5 Å². The number of hydrogen-bond acceptors (Lipinski definition) is 4. The van der Waals surface area contributed by atoms with Crippen LogP contribution in [0.15, 0.2) is 0 Å². The Hall–Kier alpha value is -1.30. The maximum Gasteiger partial charge on any atom is 0.409 e. The van der Waals surface area contributed by atoms with Gasteiger partial charge in [-0.3, -0.25) is 9.69 Å². The highest BCUT2D eigenvalue weighted by molar-refractivity contribution is 5.73. The highest BCUT2D eigenvalue weighted by atomic mass is 16.5. The van der Waals surface area contributed by atoms with Crippen molar-refractivity contribution in [1.29, 1.82) is 0 Å². The average molecular weight is 315 g/mol. The van der Waals surface area contributed by atoms with Gasteiger partial charge in [0.15, 0.2) is 0 Å². The topological polar surface area (TPSA) is 53.1 Å². The van der Waals surface area contributed by atoms with Crippen LogP contribution in [0.4, 0.5) is 4.79 Å². The number of ether oxygens (including phenoxy) is 1. The van der Waals surface area contributed by atoms with Crippen molar-refractivity contribution >= 4 is 12.0 Å². The molecule has 1 aliphatic rings. The molecular formula is C16H33N3O3. The molecule has 22 heavy (non-hydrogen) atoms. The summed E-state index contributed by atoms with van der Waals surface area (Å²) in [7, 11) is 4.98. The van der Waals surface area contributed by atoms with E-state index in [0.29, 0.717) is 6.54 Å². The summed E-state index contributed by atoms with van der Waals surface area (Å²) in [6.45, 7) is 9.21. The van der Waals surface area contributed by atoms with Crippen LogP contribution in [-0.2, 0) is 9.53 Å². The quantitative estimate of drug-likeness (QED) is 0.797. The predicted octanol–water partition coefficient (Wildman–Crippen LogP) is 2.04. The van der Waals surface area contributed by atoms with E-state index in [1.54, 1.807) is 18.9 Å². The smallest absolute Gasteiger partial charge is 0.409 e. The van der Waals surface area contributed by atoms with Crippen molar-refractivity contribution in [3.63, 3.8) is 0 Å². The summed E-state index contributed by atoms with van der Waals surface area (Å²) in [4.78, 5) is 28.3. The fraction of sp³-hybridized carbons (Fsp3) is 0.875. The Balaban J connectivity index is 0.00000135. The second kappa shape index (κ2) is 11.3. The molecule has 6 nitrogen and oxygen atoms in total. The normalized spacial score (nSPS) is 18.0. The molecule has 1 aliphatic heterocycles. The van der Waals surface area contributed by atoms with Crippen LogP contribution in [-0.4, -0.2) is 80.1 Å². The Kier molecular flexibility index (Phi) is 10.6. The standard InChI is InChI=1S/C13H25N3O3.C3H8/c1-11(17)15(3)12-6-5-7-16(10-12)9-8-14(2)13(18)19-4;1-3-2/h12H,5-10H2,1-4H3;3H2,1-2H3. The van der Waals surface area contributed by atoms with Gasteiger partial charge in [-0.25, -0.2) is 4.79 Å². The molecule has 1 unspecified atom stereocenters. The Morgan fingerprint density at radius 2 is 1.86 bits per heavy atom. The average Bonchev–Trinajstić information content (AvgIpc) is 2.51. The number of likely N-dealkylation sites (N-methyl/N-ethyl adjacent to an activating group) is 2. The number of carbonyl (C=O) groups excluding carboxylic acids is 2. The van der Waals surface area contributed by atoms with Crippen molar-refractivity contribution in [2.75, 3.05) is 47.4 Å². The molecule has 0 bridgehead atoms. The van der Waals surface area contributed by atoms with Crippen molar-refractivity contribution in [3.8, 4) is 0 Å². The van der Waals surface area contributed by atoms with Gasteiger partial charge < -0.3 is 14.5 Å². The molecule has 2 amide bonds. The van der Waals surface area contributed by atoms with Crippen molar-refractivity contribution < 1.29 is 14.3 Å². The first-order chi connectivity index (χ1) is 10.4. The van der Waals surface area contributed by atoms with Crippen LogP contribution in [0.5, 0.6) is 0 Å². The van der Waals surface area contributed by atoms with Crippen LogP contribution < -0.4 is 0 Å². The second-order valence-corrected chi connectivity index (χ2v) is 5.83. The maximum absolute atomic E-state index is 11.4. The third kappa shape index (κ3) is 7.64. The number of piperidine rings is 1. The van der Waals surface area contributed by atoms with Gasteiger partial charge in [0.2, 0.25) is 5.91 Å². The lowest BCUT2D eigenvalue weighted by Crippen LogP contribution is -2.49. The molecule has 6 heteroatoms. The first-order valence-electron chi connectivity index (χ1n) is 8.12. The molecule has 1 atom stereocenters. The van der Waals surface area contributed by atoms with Crippen molar-refractivity contribution in [2.24, 2.45) is 0 Å². The molecule has 130 valence electrons. The number of carbonyl (C=O) groups is 2. The third-order valence-electron chi connectivity index (χ3n) is 3.76. The predicted molar refractivity (Wildman–Crippen MR) is 88.9 cm³/mol. The molecule has 0 N–H and O–H groups in total. The van der Waals surface area contributed by atoms with Gasteiger partial charge in [-0.2, -0.15) is 0 Å². The third-order valence-corrected chi connectivity index (χ3v) is 3.76. The van der Waals surface area contributed by atoms with Gasteiger partial charge in [0, 0.05) is 46.7 Å². The summed E-state index contributed by atoms with van der Waals surface area (Å²) in [6, 6.07) is 0.287. The summed E-state index contributed by atoms with van der Waals surface area (Å²) < 4.78 is 4.66. The Bertz CT molecular complexity index is 337. The van der Waals surface area contributed by atoms with Crippen LogP contribution in [0.25, 0.3) is 0 Å². The van der Waals surface area contributed by atoms with Crippen LogP contribution in [0, 0.1) is 0 Å². The zero-order chi connectivity index (χ0) is 17.1. The first kappa shape index (κ1) is 20.7. The van der Waals surface area contributed by atoms with E-state index in [4.69, 9.17) is 0 Å². The van der Waals surface area contributed by atoms with E-state index in [-0.39, 0.29) is 18.0 Å². The Morgan fingerprint density at radius 3 is 2.36 bits per heavy atom. The van der Waals surface area contributed by atoms with E-state index in [9.17, 15) is 9.59 Å². The molecule has 0 saturated carbocycles. The first-order valence-corrected chi connectivity index (χ1v) is 8.12. The molecule has 0 aromatic rings. The van der Waals surface area contributed by atoms with E-state index in [0.717, 1.165) is 32.5 Å². The van der Waals surface area contributed by atoms with Crippen LogP contribution in [0.2, 0.25) is 0 Å². The van der Waals surface area contributed by atoms with Crippen LogP contribution in [0.1, 0.15) is 40.0 Å². The maximum atomic E-state index is 11.4. The number of amides is 2. The zero-order valence-electron chi connectivity index (χ0n) is 15.1. The van der Waals surface area contributed by atoms with E-state index in [1.807, 2.05) is 11.9 Å². The minimum absolute atomic E-state index is 0.110. The molecule has 1 fully saturated rings. The van der Waals surface area contributed by atoms with Crippen LogP contribution in [0.3, 0.4) is 0 Å². The molecule has 0 aliphatic carbocycles. The summed E-state index contributed by atoms with van der Waals surface area (Å²) in [5.74, 6) is 0.110. The second-order valence-electron chi connectivity index (χ2n) is 5.83. The molecule has 1 saturated heterocycles. The van der Waals surface area contributed by atoms with Gasteiger partial charge in [-0.05, 0) is 19.4 Å². The van der Waals surface area contributed by atoms with Crippen molar-refractivity contribution in [3.05, 3.63) is 0 Å². The van der Waals surface area contributed by atoms with Gasteiger partial charge in [-0.15, -0.1) is 0 Å². The minimum Gasteiger partial charge on any atom is -0.453 e. The van der Waals surface area contributed by atoms with E-state index < -0.39 is 0 Å². The van der Waals surface area contributed by atoms with E-state index in [2.05, 4.69) is 23.5 Å². The molecule has 0 aromatic heterocycles. The summed E-state index contributed by atoms with van der Waals surface area (Å²) in [5.41, 5.74) is 0. The van der Waals surface area contributed by atoms with Gasteiger partial charge >= 0.3 is 6.09 Å². The minimum atomic E-state index is -0.311. The van der Waals surface area contributed by atoms with Crippen molar-refractivity contribution in [1.82, 2.24) is 14.7 Å². The zero-order valence-corrected chi connectivity index (χ0v) is 15.1. The molecule has 0 aromatic carbocycles. The molecule has 0 radical (unpaired) electrons. The lowest BCUT2D eigenvalue weighted by atomic mass is 10.0. The Morgan fingerprint density at radius 1 is 1.27 bits per heavy atom. The summed E-state index contributed by atoms with van der Waals surface area (Å²) in [6.07, 6.45) is 3.08. The molecule has 0 spiro atoms. The van der Waals surface area contributed by atoms with Gasteiger partial charge in [0.25, 0.3) is 0 Å². The SMILES string of the molecule is CCC.COC(=O)N(C)CCN1CCCC(N(C)C(C)=O)C1. The molecular weight excluding hydrogens is 282 g/mol. The monoisotopic (exact) mass is 315 g/mol. The summed E-state index contributed by atoms with van der Waals surface area (Å²) in [5, 5.41) is 0. The Labute approximate surface area is 135 Å². The molecule has 1 heterocycles. The number of methoxy groups -OCH3 is 1. The fourth-order valence-corrected chi connectivity index (χ4v) is 2.35. The van der Waals surface area contributed by atoms with Gasteiger partial charge in [0.05, 0.1) is 7.11 Å². The summed E-state index contributed by atoms with van der Waals surface area (Å²) >= 11 is 0. The lowest BCUT2D eigenvalue weighted by Gasteiger charge is -2.37. The lowest BCUT2D eigenvalue weighted by molar-refractivity contribution is -0.130. The molecule has 1 rings (SSSR count). The van der Waals surface area contributed by atoms with Crippen LogP contribution >= 0.6 is 0 Å². The fourth-order valence-electron chi connectivity index (χ4n) is 2.35. The number of rotatable bonds is 4. The van der Waals surface area contributed by atoms with E-state index >= 15 is 0 Å². The number of hydrogen-bond donors (Lipinski definition) is 0. The van der Waals surface area contributed by atoms with Crippen molar-refractivity contribution in [2.45, 2.75) is 46.1 Å².